The standard InChI is InChI=1S/C22H23N3O3S/c1-15(2)20(25-19(26)14-28-18-6-4-3-5-7-18)21(27)24-17-10-8-16(9-11-17)22-23-12-13-29-22/h3-13,15,20H,14H2,1-2H3,(H,24,27)(H,25,26). The molecule has 6 nitrogen and oxygen atoms in total. The van der Waals surface area contributed by atoms with Gasteiger partial charge in [0.1, 0.15) is 16.8 Å². The number of nitrogens with one attached hydrogen (secondary N) is 2. The smallest absolute Gasteiger partial charge is 0.258 e. The van der Waals surface area contributed by atoms with Gasteiger partial charge in [-0.25, -0.2) is 4.98 Å². The zero-order chi connectivity index (χ0) is 20.6. The minimum atomic E-state index is -0.666. The van der Waals surface area contributed by atoms with Crippen LogP contribution in [0.2, 0.25) is 0 Å². The van der Waals surface area contributed by atoms with Gasteiger partial charge in [-0.3, -0.25) is 9.59 Å². The van der Waals surface area contributed by atoms with Gasteiger partial charge in [-0.15, -0.1) is 11.3 Å². The fourth-order valence-electron chi connectivity index (χ4n) is 2.70. The molecule has 29 heavy (non-hydrogen) atoms. The second-order valence-electron chi connectivity index (χ2n) is 6.79. The largest absolute Gasteiger partial charge is 0.484 e. The molecule has 0 saturated heterocycles. The van der Waals surface area contributed by atoms with E-state index < -0.39 is 6.04 Å². The highest BCUT2D eigenvalue weighted by molar-refractivity contribution is 7.13. The maximum absolute atomic E-state index is 12.7. The quantitative estimate of drug-likeness (QED) is 0.590. The van der Waals surface area contributed by atoms with E-state index >= 15 is 0 Å². The Hall–Kier alpha value is -3.19. The first-order valence-corrected chi connectivity index (χ1v) is 10.2. The Morgan fingerprint density at radius 3 is 2.41 bits per heavy atom. The lowest BCUT2D eigenvalue weighted by Crippen LogP contribution is -2.48. The van der Waals surface area contributed by atoms with E-state index in [2.05, 4.69) is 15.6 Å². The minimum absolute atomic E-state index is 0.0785. The molecule has 2 amide bonds. The van der Waals surface area contributed by atoms with Crippen LogP contribution in [0.25, 0.3) is 10.6 Å². The van der Waals surface area contributed by atoms with Crippen molar-refractivity contribution in [2.45, 2.75) is 19.9 Å². The fraction of sp³-hybridized carbons (Fsp3) is 0.227. The van der Waals surface area contributed by atoms with Crippen molar-refractivity contribution in [1.29, 1.82) is 0 Å². The van der Waals surface area contributed by atoms with Crippen molar-refractivity contribution in [3.05, 3.63) is 66.2 Å². The number of para-hydroxylation sites is 1. The zero-order valence-corrected chi connectivity index (χ0v) is 17.1. The van der Waals surface area contributed by atoms with E-state index in [1.165, 1.54) is 0 Å². The molecule has 0 fully saturated rings. The lowest BCUT2D eigenvalue weighted by molar-refractivity contribution is -0.128. The van der Waals surface area contributed by atoms with Crippen LogP contribution in [0, 0.1) is 5.92 Å². The van der Waals surface area contributed by atoms with Crippen molar-refractivity contribution < 1.29 is 14.3 Å². The van der Waals surface area contributed by atoms with Crippen molar-refractivity contribution in [1.82, 2.24) is 10.3 Å². The Balaban J connectivity index is 1.56. The molecule has 1 heterocycles. The summed E-state index contributed by atoms with van der Waals surface area (Å²) in [6, 6.07) is 15.9. The number of thiazole rings is 1. The number of hydrogen-bond donors (Lipinski definition) is 2. The summed E-state index contributed by atoms with van der Waals surface area (Å²) in [7, 11) is 0. The van der Waals surface area contributed by atoms with Gasteiger partial charge in [-0.1, -0.05) is 32.0 Å². The van der Waals surface area contributed by atoms with Crippen LogP contribution in [0.5, 0.6) is 5.75 Å². The van der Waals surface area contributed by atoms with Gasteiger partial charge in [0.25, 0.3) is 5.91 Å². The first-order chi connectivity index (χ1) is 14.0. The number of amides is 2. The van der Waals surface area contributed by atoms with E-state index in [0.29, 0.717) is 11.4 Å². The van der Waals surface area contributed by atoms with Gasteiger partial charge in [0.15, 0.2) is 6.61 Å². The van der Waals surface area contributed by atoms with E-state index in [4.69, 9.17) is 4.74 Å². The molecule has 7 heteroatoms. The molecule has 0 radical (unpaired) electrons. The van der Waals surface area contributed by atoms with Crippen molar-refractivity contribution in [2.75, 3.05) is 11.9 Å². The molecule has 0 aliphatic rings. The molecule has 3 aromatic rings. The van der Waals surface area contributed by atoms with Crippen molar-refractivity contribution in [2.24, 2.45) is 5.92 Å². The summed E-state index contributed by atoms with van der Waals surface area (Å²) >= 11 is 1.56. The summed E-state index contributed by atoms with van der Waals surface area (Å²) in [6.45, 7) is 3.62. The van der Waals surface area contributed by atoms with E-state index in [9.17, 15) is 9.59 Å². The number of benzene rings is 2. The Labute approximate surface area is 173 Å². The lowest BCUT2D eigenvalue weighted by Gasteiger charge is -2.22. The molecule has 0 saturated carbocycles. The summed E-state index contributed by atoms with van der Waals surface area (Å²) in [6.07, 6.45) is 1.76. The summed E-state index contributed by atoms with van der Waals surface area (Å²) in [5.41, 5.74) is 1.65. The Kier molecular flexibility index (Phi) is 6.97. The van der Waals surface area contributed by atoms with E-state index in [0.717, 1.165) is 10.6 Å². The molecule has 1 atom stereocenters. The molecule has 2 N–H and O–H groups in total. The van der Waals surface area contributed by atoms with Crippen LogP contribution < -0.4 is 15.4 Å². The number of nitrogens with zero attached hydrogens (tertiary/aromatic N) is 1. The van der Waals surface area contributed by atoms with Gasteiger partial charge in [0, 0.05) is 22.8 Å². The van der Waals surface area contributed by atoms with Crippen LogP contribution in [0.3, 0.4) is 0 Å². The third-order valence-electron chi connectivity index (χ3n) is 4.21. The maximum atomic E-state index is 12.7. The van der Waals surface area contributed by atoms with Crippen molar-refractivity contribution >= 4 is 28.8 Å². The summed E-state index contributed by atoms with van der Waals surface area (Å²) in [5.74, 6) is -0.0873. The fourth-order valence-corrected chi connectivity index (χ4v) is 3.34. The first kappa shape index (κ1) is 20.5. The number of carbonyl (C=O) groups excluding carboxylic acids is 2. The third-order valence-corrected chi connectivity index (χ3v) is 5.03. The molecular formula is C22H23N3O3S. The van der Waals surface area contributed by atoms with Crippen LogP contribution in [0.1, 0.15) is 13.8 Å². The van der Waals surface area contributed by atoms with Gasteiger partial charge >= 0.3 is 0 Å². The topological polar surface area (TPSA) is 80.3 Å². The summed E-state index contributed by atoms with van der Waals surface area (Å²) < 4.78 is 5.45. The normalized spacial score (nSPS) is 11.7. The second kappa shape index (κ2) is 9.84. The average molecular weight is 410 g/mol. The highest BCUT2D eigenvalue weighted by Gasteiger charge is 2.24. The van der Waals surface area contributed by atoms with E-state index in [1.54, 1.807) is 29.7 Å². The van der Waals surface area contributed by atoms with Crippen LogP contribution in [0.15, 0.2) is 66.2 Å². The second-order valence-corrected chi connectivity index (χ2v) is 7.69. The van der Waals surface area contributed by atoms with Crippen LogP contribution >= 0.6 is 11.3 Å². The number of anilines is 1. The number of rotatable bonds is 8. The highest BCUT2D eigenvalue weighted by atomic mass is 32.1. The van der Waals surface area contributed by atoms with Gasteiger partial charge in [-0.05, 0) is 42.3 Å². The highest BCUT2D eigenvalue weighted by Crippen LogP contribution is 2.23. The molecule has 1 aromatic heterocycles. The van der Waals surface area contributed by atoms with E-state index in [1.807, 2.05) is 61.7 Å². The average Bonchev–Trinajstić information content (AvgIpc) is 3.26. The van der Waals surface area contributed by atoms with E-state index in [-0.39, 0.29) is 24.3 Å². The van der Waals surface area contributed by atoms with Gasteiger partial charge in [0.2, 0.25) is 5.91 Å². The predicted octanol–water partition coefficient (Wildman–Crippen LogP) is 3.97. The Morgan fingerprint density at radius 1 is 1.07 bits per heavy atom. The van der Waals surface area contributed by atoms with Crippen LogP contribution in [0.4, 0.5) is 5.69 Å². The van der Waals surface area contributed by atoms with Crippen LogP contribution in [-0.2, 0) is 9.59 Å². The zero-order valence-electron chi connectivity index (χ0n) is 16.3. The van der Waals surface area contributed by atoms with Crippen molar-refractivity contribution in [3.8, 4) is 16.3 Å². The van der Waals surface area contributed by atoms with Gasteiger partial charge in [-0.2, -0.15) is 0 Å². The lowest BCUT2D eigenvalue weighted by atomic mass is 10.0. The minimum Gasteiger partial charge on any atom is -0.484 e. The number of carbonyl (C=O) groups is 2. The Bertz CT molecular complexity index is 926. The summed E-state index contributed by atoms with van der Waals surface area (Å²) in [5, 5.41) is 8.46. The van der Waals surface area contributed by atoms with Gasteiger partial charge in [0.05, 0.1) is 0 Å². The molecule has 0 aliphatic carbocycles. The Morgan fingerprint density at radius 2 is 1.79 bits per heavy atom. The molecule has 150 valence electrons. The predicted molar refractivity (Wildman–Crippen MR) is 115 cm³/mol. The van der Waals surface area contributed by atoms with Gasteiger partial charge < -0.3 is 15.4 Å². The number of aromatic nitrogens is 1. The molecule has 1 unspecified atom stereocenters. The number of ether oxygens (including phenoxy) is 1. The SMILES string of the molecule is CC(C)C(NC(=O)COc1ccccc1)C(=O)Nc1ccc(-c2nccs2)cc1. The molecule has 2 aromatic carbocycles. The molecule has 0 aliphatic heterocycles. The molecule has 0 spiro atoms. The van der Waals surface area contributed by atoms with Crippen molar-refractivity contribution in [3.63, 3.8) is 0 Å². The monoisotopic (exact) mass is 409 g/mol. The molecule has 3 rings (SSSR count). The summed E-state index contributed by atoms with van der Waals surface area (Å²) in [4.78, 5) is 29.2. The number of hydrogen-bond acceptors (Lipinski definition) is 5. The first-order valence-electron chi connectivity index (χ1n) is 9.31. The maximum Gasteiger partial charge on any atom is 0.258 e. The molecular weight excluding hydrogens is 386 g/mol. The third kappa shape index (κ3) is 5.89. The van der Waals surface area contributed by atoms with Crippen LogP contribution in [-0.4, -0.2) is 29.4 Å². The molecule has 0 bridgehead atoms.